The molecule has 0 aliphatic carbocycles. The molecule has 0 aromatic heterocycles. The molecular weight excluding hydrogens is 463 g/mol. The summed E-state index contributed by atoms with van der Waals surface area (Å²) in [5.74, 6) is -1.79. The predicted octanol–water partition coefficient (Wildman–Crippen LogP) is 2.42. The van der Waals surface area contributed by atoms with Crippen molar-refractivity contribution in [1.29, 1.82) is 0 Å². The molecule has 0 saturated heterocycles. The molecule has 8 nitrogen and oxygen atoms in total. The molecule has 0 spiro atoms. The summed E-state index contributed by atoms with van der Waals surface area (Å²) in [5.41, 5.74) is 1.09. The average Bonchev–Trinajstić information content (AvgIpc) is 2.87. The Balaban J connectivity index is 2.08. The molecule has 4 N–H and O–H groups in total. The largest absolute Gasteiger partial charge is 0.475 e. The maximum absolute atomic E-state index is 13.1. The van der Waals surface area contributed by atoms with Crippen LogP contribution in [0.1, 0.15) is 25.3 Å². The van der Waals surface area contributed by atoms with Crippen LogP contribution in [-0.2, 0) is 16.0 Å². The van der Waals surface area contributed by atoms with Crippen molar-refractivity contribution in [3.05, 3.63) is 78.1 Å². The number of carbonyl (C=O) groups excluding carboxylic acids is 2. The quantitative estimate of drug-likeness (QED) is 0.139. The Morgan fingerprint density at radius 2 is 1.74 bits per heavy atom. The number of nitrogens with zero attached hydrogens (tertiary/aromatic N) is 2. The molecule has 0 fully saturated rings. The number of carbonyl (C=O) groups is 2. The lowest BCUT2D eigenvalue weighted by atomic mass is 9.76. The lowest BCUT2D eigenvalue weighted by Crippen LogP contribution is -2.55. The van der Waals surface area contributed by atoms with Gasteiger partial charge in [0.05, 0.1) is 12.1 Å². The van der Waals surface area contributed by atoms with Crippen molar-refractivity contribution in [2.24, 2.45) is 9.98 Å². The average molecular weight is 494 g/mol. The molecule has 0 aliphatic heterocycles. The van der Waals surface area contributed by atoms with E-state index in [4.69, 9.17) is 0 Å². The molecule has 2 aromatic rings. The van der Waals surface area contributed by atoms with E-state index in [0.717, 1.165) is 16.9 Å². The van der Waals surface area contributed by atoms with Gasteiger partial charge in [-0.3, -0.25) is 19.6 Å². The van der Waals surface area contributed by atoms with Gasteiger partial charge in [-0.15, -0.1) is 11.8 Å². The van der Waals surface area contributed by atoms with Crippen molar-refractivity contribution < 1.29 is 19.6 Å². The molecule has 2 atom stereocenters. The molecule has 0 bridgehead atoms. The van der Waals surface area contributed by atoms with Crippen LogP contribution in [0.2, 0.25) is 0 Å². The molecule has 1 unspecified atom stereocenters. The van der Waals surface area contributed by atoms with Crippen LogP contribution >= 0.6 is 11.8 Å². The van der Waals surface area contributed by atoms with Crippen molar-refractivity contribution in [3.63, 3.8) is 0 Å². The van der Waals surface area contributed by atoms with Gasteiger partial charge >= 0.3 is 7.12 Å². The van der Waals surface area contributed by atoms with Gasteiger partial charge in [0.2, 0.25) is 5.91 Å². The summed E-state index contributed by atoms with van der Waals surface area (Å²) in [4.78, 5) is 34.3. The number of rotatable bonds is 14. The van der Waals surface area contributed by atoms with E-state index in [2.05, 4.69) is 27.3 Å². The first-order valence-electron chi connectivity index (χ1n) is 11.3. The summed E-state index contributed by atoms with van der Waals surface area (Å²) in [7, 11) is -1.74. The zero-order valence-corrected chi connectivity index (χ0v) is 20.5. The summed E-state index contributed by atoms with van der Waals surface area (Å²) in [6.45, 7) is 5.08. The van der Waals surface area contributed by atoms with Crippen molar-refractivity contribution in [2.75, 3.05) is 5.75 Å². The second-order valence-electron chi connectivity index (χ2n) is 7.64. The minimum absolute atomic E-state index is 0.0350. The number of thioether (sulfide) groups is 1. The zero-order valence-electron chi connectivity index (χ0n) is 19.7. The Kier molecular flexibility index (Phi) is 12.5. The van der Waals surface area contributed by atoms with Crippen LogP contribution in [0.5, 0.6) is 0 Å². The summed E-state index contributed by atoms with van der Waals surface area (Å²) >= 11 is 1.39. The molecule has 2 aromatic carbocycles. The Morgan fingerprint density at radius 3 is 2.34 bits per heavy atom. The van der Waals surface area contributed by atoms with Crippen LogP contribution in [0, 0.1) is 0 Å². The minimum Gasteiger partial charge on any atom is -0.426 e. The third kappa shape index (κ3) is 10.3. The second-order valence-corrected chi connectivity index (χ2v) is 8.73. The smallest absolute Gasteiger partial charge is 0.426 e. The number of amides is 2. The van der Waals surface area contributed by atoms with Gasteiger partial charge in [0.25, 0.3) is 5.91 Å². The van der Waals surface area contributed by atoms with Gasteiger partial charge < -0.3 is 20.7 Å². The van der Waals surface area contributed by atoms with Crippen molar-refractivity contribution >= 4 is 43.6 Å². The van der Waals surface area contributed by atoms with Gasteiger partial charge in [-0.05, 0) is 50.6 Å². The molecule has 0 radical (unpaired) electrons. The molecule has 184 valence electrons. The molecule has 2 rings (SSSR count). The van der Waals surface area contributed by atoms with Crippen LogP contribution in [0.3, 0.4) is 0 Å². The number of benzene rings is 2. The van der Waals surface area contributed by atoms with E-state index in [1.807, 2.05) is 60.7 Å². The van der Waals surface area contributed by atoms with Crippen LogP contribution < -0.4 is 10.6 Å². The number of nitrogens with one attached hydrogen (secondary N) is 2. The van der Waals surface area contributed by atoms with Crippen molar-refractivity contribution in [1.82, 2.24) is 10.6 Å². The minimum atomic E-state index is -1.74. The molecular formula is C25H31BN4O4S. The Morgan fingerprint density at radius 1 is 1.09 bits per heavy atom. The van der Waals surface area contributed by atoms with E-state index in [9.17, 15) is 19.6 Å². The highest BCUT2D eigenvalue weighted by molar-refractivity contribution is 7.99. The van der Waals surface area contributed by atoms with E-state index in [1.54, 1.807) is 6.92 Å². The van der Waals surface area contributed by atoms with E-state index in [0.29, 0.717) is 12.8 Å². The van der Waals surface area contributed by atoms with Gasteiger partial charge in [-0.1, -0.05) is 48.5 Å². The van der Waals surface area contributed by atoms with Gasteiger partial charge in [0.1, 0.15) is 11.7 Å². The maximum atomic E-state index is 13.1. The Hall–Kier alpha value is -3.21. The van der Waals surface area contributed by atoms with Crippen LogP contribution in [0.25, 0.3) is 0 Å². The SMILES string of the molecule is C=N/C(=C\N=CC)C(=O)NC(CSc1ccccc1)C(=O)N[C@@H](CCCc1ccccc1)B(O)O. The summed E-state index contributed by atoms with van der Waals surface area (Å²) in [6, 6.07) is 18.3. The lowest BCUT2D eigenvalue weighted by molar-refractivity contribution is -0.127. The maximum Gasteiger partial charge on any atom is 0.475 e. The third-order valence-electron chi connectivity index (χ3n) is 5.04. The first-order chi connectivity index (χ1) is 16.9. The van der Waals surface area contributed by atoms with Crippen LogP contribution in [0.4, 0.5) is 0 Å². The number of hydrogen-bond acceptors (Lipinski definition) is 7. The normalized spacial score (nSPS) is 13.2. The zero-order chi connectivity index (χ0) is 25.5. The topological polar surface area (TPSA) is 123 Å². The molecule has 35 heavy (non-hydrogen) atoms. The first kappa shape index (κ1) is 28.0. The summed E-state index contributed by atoms with van der Waals surface area (Å²) in [5, 5.41) is 25.1. The monoisotopic (exact) mass is 494 g/mol. The van der Waals surface area contributed by atoms with Gasteiger partial charge in [-0.25, -0.2) is 0 Å². The summed E-state index contributed by atoms with van der Waals surface area (Å²) < 4.78 is 0. The van der Waals surface area contributed by atoms with Gasteiger partial charge in [0, 0.05) is 16.9 Å². The first-order valence-corrected chi connectivity index (χ1v) is 12.3. The number of aliphatic imine (C=N–C) groups is 2. The fraction of sp³-hybridized carbons (Fsp3) is 0.280. The third-order valence-corrected chi connectivity index (χ3v) is 6.15. The highest BCUT2D eigenvalue weighted by Crippen LogP contribution is 2.18. The standard InChI is InChI=1S/C25H31BN4O4S/c1-3-28-17-21(27-2)24(31)29-22(18-35-20-14-8-5-9-15-20)25(32)30-23(26(33)34)16-10-13-19-11-6-4-7-12-19/h3-9,11-12,14-15,17,22-23,33-34H,2,10,13,16,18H2,1H3,(H,29,31)(H,30,32)/b21-17-,28-3?/t22?,23-/m0/s1. The van der Waals surface area contributed by atoms with E-state index < -0.39 is 30.9 Å². The molecule has 2 amide bonds. The van der Waals surface area contributed by atoms with Crippen LogP contribution in [0.15, 0.2) is 87.4 Å². The second kappa shape index (κ2) is 15.7. The Labute approximate surface area is 210 Å². The highest BCUT2D eigenvalue weighted by atomic mass is 32.2. The molecule has 0 heterocycles. The molecule has 10 heteroatoms. The van der Waals surface area contributed by atoms with Gasteiger partial charge in [-0.2, -0.15) is 0 Å². The fourth-order valence-corrected chi connectivity index (χ4v) is 4.12. The van der Waals surface area contributed by atoms with Crippen molar-refractivity contribution in [3.8, 4) is 0 Å². The van der Waals surface area contributed by atoms with Gasteiger partial charge in [0.15, 0.2) is 0 Å². The van der Waals surface area contributed by atoms with E-state index in [-0.39, 0.29) is 11.4 Å². The number of aryl methyl sites for hydroxylation is 1. The lowest BCUT2D eigenvalue weighted by Gasteiger charge is -2.23. The highest BCUT2D eigenvalue weighted by Gasteiger charge is 2.29. The Bertz CT molecular complexity index is 1000. The fourth-order valence-electron chi connectivity index (χ4n) is 3.18. The van der Waals surface area contributed by atoms with E-state index in [1.165, 1.54) is 24.2 Å². The summed E-state index contributed by atoms with van der Waals surface area (Å²) in [6.07, 6.45) is 4.49. The van der Waals surface area contributed by atoms with Crippen molar-refractivity contribution in [2.45, 2.75) is 43.1 Å². The van der Waals surface area contributed by atoms with E-state index >= 15 is 0 Å². The molecule has 0 aliphatic rings. The predicted molar refractivity (Wildman–Crippen MR) is 142 cm³/mol. The number of hydrogen-bond donors (Lipinski definition) is 4. The van der Waals surface area contributed by atoms with Crippen LogP contribution in [-0.4, -0.2) is 59.6 Å². The molecule has 0 saturated carbocycles.